The average molecular weight is 263 g/mol. The maximum atomic E-state index is 2.42. The van der Waals surface area contributed by atoms with Crippen LogP contribution in [0.3, 0.4) is 0 Å². The molecule has 1 aliphatic rings. The summed E-state index contributed by atoms with van der Waals surface area (Å²) in [6.07, 6.45) is 1.23. The van der Waals surface area contributed by atoms with E-state index in [9.17, 15) is 0 Å². The van der Waals surface area contributed by atoms with Gasteiger partial charge in [0.05, 0.1) is 0 Å². The molecule has 0 bridgehead atoms. The van der Waals surface area contributed by atoms with Crippen molar-refractivity contribution < 1.29 is 0 Å². The van der Waals surface area contributed by atoms with E-state index in [1.807, 2.05) is 0 Å². The molecule has 2 nitrogen and oxygen atoms in total. The second-order valence-electron chi connectivity index (χ2n) is 5.38. The third-order valence-corrected chi connectivity index (χ3v) is 3.67. The van der Waals surface area contributed by atoms with E-state index in [4.69, 9.17) is 0 Å². The van der Waals surface area contributed by atoms with Gasteiger partial charge < -0.3 is 9.62 Å². The molecule has 0 aromatic heterocycles. The van der Waals surface area contributed by atoms with Crippen LogP contribution in [-0.2, 0) is 13.1 Å². The minimum absolute atomic E-state index is 1.01. The van der Waals surface area contributed by atoms with Gasteiger partial charge in [-0.2, -0.15) is 0 Å². The second-order valence-corrected chi connectivity index (χ2v) is 5.38. The van der Waals surface area contributed by atoms with Gasteiger partial charge in [0.2, 0.25) is 0 Å². The molecule has 101 valence electrons. The summed E-state index contributed by atoms with van der Waals surface area (Å²) in [5.41, 5.74) is 2.76. The summed E-state index contributed by atoms with van der Waals surface area (Å²) in [5, 5.41) is 0. The Balaban J connectivity index is 1.57. The zero-order chi connectivity index (χ0) is 13.6. The van der Waals surface area contributed by atoms with Gasteiger partial charge in [0.15, 0.2) is 0 Å². The van der Waals surface area contributed by atoms with Crippen molar-refractivity contribution in [1.82, 2.24) is 9.62 Å². The third kappa shape index (κ3) is 3.72. The number of benzene rings is 2. The van der Waals surface area contributed by atoms with Crippen molar-refractivity contribution in [3.63, 3.8) is 0 Å². The van der Waals surface area contributed by atoms with Gasteiger partial charge in [-0.1, -0.05) is 60.7 Å². The fourth-order valence-corrected chi connectivity index (χ4v) is 2.70. The van der Waals surface area contributed by atoms with Crippen molar-refractivity contribution in [2.24, 2.45) is 0 Å². The highest BCUT2D eigenvalue weighted by atomic mass is 15.2. The van der Waals surface area contributed by atoms with Crippen LogP contribution in [0.25, 0.3) is 0 Å². The summed E-state index contributed by atoms with van der Waals surface area (Å²) in [6.45, 7) is 4.32. The Labute approximate surface area is 122 Å². The van der Waals surface area contributed by atoms with Crippen LogP contribution >= 0.6 is 0 Å². The first kappa shape index (κ1) is 13.4. The lowest BCUT2D eigenvalue weighted by molar-refractivity contribution is 0.289. The van der Waals surface area contributed by atoms with Crippen LogP contribution in [0.15, 0.2) is 60.7 Å². The van der Waals surface area contributed by atoms with Crippen LogP contribution in [0.1, 0.15) is 17.5 Å². The van der Waals surface area contributed by atoms with E-state index in [0.29, 0.717) is 0 Å². The van der Waals surface area contributed by atoms with Gasteiger partial charge >= 0.3 is 7.55 Å². The van der Waals surface area contributed by atoms with Crippen LogP contribution < -0.4 is 0 Å². The van der Waals surface area contributed by atoms with Crippen molar-refractivity contribution >= 4 is 7.55 Å². The first-order valence-corrected chi connectivity index (χ1v) is 7.31. The quantitative estimate of drug-likeness (QED) is 0.782. The molecule has 0 amide bonds. The lowest BCUT2D eigenvalue weighted by Crippen LogP contribution is -2.47. The topological polar surface area (TPSA) is 6.48 Å². The molecule has 2 aromatic rings. The predicted octanol–water partition coefficient (Wildman–Crippen LogP) is 2.93. The summed E-state index contributed by atoms with van der Waals surface area (Å²) in [7, 11) is 2.30. The van der Waals surface area contributed by atoms with Gasteiger partial charge in [0.25, 0.3) is 0 Å². The summed E-state index contributed by atoms with van der Waals surface area (Å²) >= 11 is 0. The van der Waals surface area contributed by atoms with Crippen molar-refractivity contribution in [2.45, 2.75) is 19.5 Å². The van der Waals surface area contributed by atoms with Crippen molar-refractivity contribution in [1.29, 1.82) is 0 Å². The molecule has 0 atom stereocenters. The predicted molar refractivity (Wildman–Crippen MR) is 84.1 cm³/mol. The molecule has 1 radical (unpaired) electrons. The Hall–Kier alpha value is -1.58. The molecular formula is C17H20BN2. The Morgan fingerprint density at radius 1 is 0.700 bits per heavy atom. The summed E-state index contributed by atoms with van der Waals surface area (Å²) in [5.74, 6) is 0. The summed E-state index contributed by atoms with van der Waals surface area (Å²) in [6, 6.07) is 21.4. The Bertz CT molecular complexity index is 468. The molecule has 0 saturated carbocycles. The highest BCUT2D eigenvalue weighted by Crippen LogP contribution is 2.12. The molecule has 1 fully saturated rings. The van der Waals surface area contributed by atoms with Gasteiger partial charge in [-0.25, -0.2) is 0 Å². The van der Waals surface area contributed by atoms with Gasteiger partial charge in [-0.3, -0.25) is 0 Å². The van der Waals surface area contributed by atoms with Crippen LogP contribution in [0.5, 0.6) is 0 Å². The monoisotopic (exact) mass is 263 g/mol. The molecule has 0 spiro atoms. The number of nitrogens with zero attached hydrogens (tertiary/aromatic N) is 2. The highest BCUT2D eigenvalue weighted by molar-refractivity contribution is 6.28. The van der Waals surface area contributed by atoms with Gasteiger partial charge in [0.1, 0.15) is 0 Å². The minimum Gasteiger partial charge on any atom is -0.328 e. The van der Waals surface area contributed by atoms with Gasteiger partial charge in [0, 0.05) is 13.1 Å². The van der Waals surface area contributed by atoms with Crippen molar-refractivity contribution in [2.75, 3.05) is 13.1 Å². The standard InChI is InChI=1S/C17H20BN2/c1-3-8-16(9-4-1)14-19-12-7-13-20(18-19)15-17-10-5-2-6-11-17/h1-6,8-11H,7,12-15H2. The molecule has 1 heterocycles. The van der Waals surface area contributed by atoms with E-state index in [1.54, 1.807) is 0 Å². The lowest BCUT2D eigenvalue weighted by Gasteiger charge is -2.34. The van der Waals surface area contributed by atoms with E-state index in [2.05, 4.69) is 77.8 Å². The maximum absolute atomic E-state index is 2.42. The third-order valence-electron chi connectivity index (χ3n) is 3.67. The Morgan fingerprint density at radius 2 is 1.15 bits per heavy atom. The number of hydrogen-bond acceptors (Lipinski definition) is 2. The van der Waals surface area contributed by atoms with E-state index in [0.717, 1.165) is 26.2 Å². The van der Waals surface area contributed by atoms with Crippen LogP contribution in [0.2, 0.25) is 0 Å². The Morgan fingerprint density at radius 3 is 1.60 bits per heavy atom. The van der Waals surface area contributed by atoms with Gasteiger partial charge in [-0.05, 0) is 30.6 Å². The smallest absolute Gasteiger partial charge is 0.313 e. The summed E-state index contributed by atoms with van der Waals surface area (Å²) < 4.78 is 0. The summed E-state index contributed by atoms with van der Waals surface area (Å²) in [4.78, 5) is 4.84. The zero-order valence-corrected chi connectivity index (χ0v) is 11.8. The van der Waals surface area contributed by atoms with Crippen LogP contribution in [-0.4, -0.2) is 30.3 Å². The zero-order valence-electron chi connectivity index (χ0n) is 11.8. The number of rotatable bonds is 4. The van der Waals surface area contributed by atoms with E-state index >= 15 is 0 Å². The molecular weight excluding hydrogens is 243 g/mol. The second kappa shape index (κ2) is 6.73. The molecule has 3 heteroatoms. The first-order valence-electron chi connectivity index (χ1n) is 7.31. The maximum Gasteiger partial charge on any atom is 0.313 e. The van der Waals surface area contributed by atoms with E-state index in [1.165, 1.54) is 17.5 Å². The van der Waals surface area contributed by atoms with E-state index in [-0.39, 0.29) is 0 Å². The average Bonchev–Trinajstić information content (AvgIpc) is 2.50. The fraction of sp³-hybridized carbons (Fsp3) is 0.294. The first-order chi connectivity index (χ1) is 9.90. The largest absolute Gasteiger partial charge is 0.328 e. The molecule has 1 aliphatic heterocycles. The molecule has 2 aromatic carbocycles. The van der Waals surface area contributed by atoms with Crippen molar-refractivity contribution in [3.8, 4) is 0 Å². The molecule has 3 rings (SSSR count). The fourth-order valence-electron chi connectivity index (χ4n) is 2.70. The Kier molecular flexibility index (Phi) is 4.51. The normalized spacial score (nSPS) is 16.8. The van der Waals surface area contributed by atoms with Crippen LogP contribution in [0, 0.1) is 0 Å². The SMILES string of the molecule is [B]1N(Cc2ccccc2)CCCN1Cc1ccccc1. The molecule has 1 saturated heterocycles. The molecule has 0 N–H and O–H groups in total. The van der Waals surface area contributed by atoms with E-state index < -0.39 is 0 Å². The van der Waals surface area contributed by atoms with Crippen molar-refractivity contribution in [3.05, 3.63) is 71.8 Å². The number of hydrogen-bond donors (Lipinski definition) is 0. The highest BCUT2D eigenvalue weighted by Gasteiger charge is 2.19. The van der Waals surface area contributed by atoms with Crippen LogP contribution in [0.4, 0.5) is 0 Å². The molecule has 0 unspecified atom stereocenters. The minimum atomic E-state index is 1.01. The lowest BCUT2D eigenvalue weighted by atomic mass is 9.95. The molecule has 20 heavy (non-hydrogen) atoms. The molecule has 0 aliphatic carbocycles. The van der Waals surface area contributed by atoms with Gasteiger partial charge in [-0.15, -0.1) is 0 Å².